The fourth-order valence-electron chi connectivity index (χ4n) is 3.04. The topological polar surface area (TPSA) is 75.7 Å². The summed E-state index contributed by atoms with van der Waals surface area (Å²) in [6.07, 6.45) is 0. The molecule has 0 unspecified atom stereocenters. The number of nitrogens with one attached hydrogen (secondary N) is 1. The van der Waals surface area contributed by atoms with Crippen molar-refractivity contribution in [3.05, 3.63) is 89.4 Å². The third-order valence-corrected chi connectivity index (χ3v) is 6.77. The second-order valence-corrected chi connectivity index (χ2v) is 9.16. The number of rotatable bonds is 8. The minimum Gasteiger partial charge on any atom is -0.497 e. The van der Waals surface area contributed by atoms with E-state index < -0.39 is 15.9 Å². The smallest absolute Gasteiger partial charge is 0.264 e. The maximum atomic E-state index is 13.4. The van der Waals surface area contributed by atoms with Crippen LogP contribution in [-0.4, -0.2) is 28.0 Å². The number of hydrogen-bond donors (Lipinski definition) is 1. The Morgan fingerprint density at radius 1 is 1.00 bits per heavy atom. The molecule has 0 radical (unpaired) electrons. The predicted molar refractivity (Wildman–Crippen MR) is 122 cm³/mol. The van der Waals surface area contributed by atoms with Gasteiger partial charge in [-0.05, 0) is 61.0 Å². The number of amides is 1. The van der Waals surface area contributed by atoms with Crippen LogP contribution in [-0.2, 0) is 14.8 Å². The van der Waals surface area contributed by atoms with E-state index in [9.17, 15) is 13.2 Å². The van der Waals surface area contributed by atoms with E-state index in [-0.39, 0.29) is 17.5 Å². The second kappa shape index (κ2) is 9.85. The molecule has 162 valence electrons. The first-order valence-corrected chi connectivity index (χ1v) is 11.4. The molecule has 0 fully saturated rings. The third kappa shape index (κ3) is 5.57. The van der Waals surface area contributed by atoms with Gasteiger partial charge in [-0.3, -0.25) is 9.10 Å². The number of carbonyl (C=O) groups excluding carboxylic acids is 1. The summed E-state index contributed by atoms with van der Waals surface area (Å²) in [4.78, 5) is 12.8. The van der Waals surface area contributed by atoms with E-state index in [4.69, 9.17) is 16.3 Å². The highest BCUT2D eigenvalue weighted by Crippen LogP contribution is 2.26. The number of sulfonamides is 1. The maximum Gasteiger partial charge on any atom is 0.264 e. The highest BCUT2D eigenvalue weighted by Gasteiger charge is 2.27. The molecule has 3 aromatic carbocycles. The Kier molecular flexibility index (Phi) is 7.20. The number of nitrogens with zero attached hydrogens (tertiary/aromatic N) is 1. The molecule has 31 heavy (non-hydrogen) atoms. The highest BCUT2D eigenvalue weighted by atomic mass is 35.5. The number of carbonyl (C=O) groups is 1. The van der Waals surface area contributed by atoms with Crippen LogP contribution in [0.2, 0.25) is 5.02 Å². The lowest BCUT2D eigenvalue weighted by Gasteiger charge is -2.25. The van der Waals surface area contributed by atoms with Crippen molar-refractivity contribution in [1.29, 1.82) is 0 Å². The van der Waals surface area contributed by atoms with Gasteiger partial charge >= 0.3 is 0 Å². The first-order chi connectivity index (χ1) is 14.8. The lowest BCUT2D eigenvalue weighted by atomic mass is 10.1. The quantitative estimate of drug-likeness (QED) is 0.542. The Hall–Kier alpha value is -3.03. The molecule has 1 N–H and O–H groups in total. The molecule has 0 spiro atoms. The van der Waals surface area contributed by atoms with Gasteiger partial charge in [-0.1, -0.05) is 41.9 Å². The molecule has 1 amide bonds. The summed E-state index contributed by atoms with van der Waals surface area (Å²) < 4.78 is 32.9. The van der Waals surface area contributed by atoms with Gasteiger partial charge in [-0.25, -0.2) is 8.42 Å². The largest absolute Gasteiger partial charge is 0.497 e. The first-order valence-electron chi connectivity index (χ1n) is 9.58. The Morgan fingerprint density at radius 3 is 2.19 bits per heavy atom. The van der Waals surface area contributed by atoms with E-state index in [0.29, 0.717) is 16.5 Å². The number of hydrogen-bond acceptors (Lipinski definition) is 4. The number of benzene rings is 3. The van der Waals surface area contributed by atoms with Crippen LogP contribution in [0.15, 0.2) is 83.8 Å². The summed E-state index contributed by atoms with van der Waals surface area (Å²) in [5.41, 5.74) is 1.26. The number of halogens is 1. The summed E-state index contributed by atoms with van der Waals surface area (Å²) in [6, 6.07) is 21.5. The second-order valence-electron chi connectivity index (χ2n) is 6.86. The van der Waals surface area contributed by atoms with Gasteiger partial charge in [0.05, 0.1) is 23.7 Å². The number of ether oxygens (including phenoxy) is 1. The lowest BCUT2D eigenvalue weighted by molar-refractivity contribution is -0.120. The Bertz CT molecular complexity index is 1120. The number of anilines is 1. The fourth-order valence-corrected chi connectivity index (χ4v) is 4.59. The molecule has 0 aliphatic heterocycles. The molecular formula is C23H23ClN2O4S. The molecule has 0 heterocycles. The van der Waals surface area contributed by atoms with Gasteiger partial charge in [0.1, 0.15) is 12.3 Å². The Balaban J connectivity index is 1.89. The van der Waals surface area contributed by atoms with Crippen LogP contribution in [0.4, 0.5) is 5.69 Å². The summed E-state index contributed by atoms with van der Waals surface area (Å²) in [7, 11) is -2.51. The molecule has 8 heteroatoms. The van der Waals surface area contributed by atoms with E-state index in [1.165, 1.54) is 19.2 Å². The molecule has 1 atom stereocenters. The average molecular weight is 459 g/mol. The zero-order valence-electron chi connectivity index (χ0n) is 17.2. The van der Waals surface area contributed by atoms with E-state index in [0.717, 1.165) is 9.87 Å². The van der Waals surface area contributed by atoms with E-state index in [1.54, 1.807) is 36.4 Å². The van der Waals surface area contributed by atoms with Gasteiger partial charge in [-0.2, -0.15) is 0 Å². The van der Waals surface area contributed by atoms with Crippen molar-refractivity contribution >= 4 is 33.2 Å². The summed E-state index contributed by atoms with van der Waals surface area (Å²) in [5.74, 6) is 0.106. The average Bonchev–Trinajstić information content (AvgIpc) is 2.78. The van der Waals surface area contributed by atoms with Crippen molar-refractivity contribution in [3.63, 3.8) is 0 Å². The van der Waals surface area contributed by atoms with Crippen LogP contribution < -0.4 is 14.4 Å². The minimum absolute atomic E-state index is 0.0483. The fraction of sp³-hybridized carbons (Fsp3) is 0.174. The molecule has 0 aromatic heterocycles. The normalized spacial score (nSPS) is 12.1. The van der Waals surface area contributed by atoms with Crippen molar-refractivity contribution in [2.24, 2.45) is 0 Å². The van der Waals surface area contributed by atoms with Crippen LogP contribution in [0, 0.1) is 0 Å². The monoisotopic (exact) mass is 458 g/mol. The van der Waals surface area contributed by atoms with Crippen LogP contribution in [0.1, 0.15) is 18.5 Å². The van der Waals surface area contributed by atoms with E-state index in [2.05, 4.69) is 5.32 Å². The van der Waals surface area contributed by atoms with Crippen molar-refractivity contribution in [3.8, 4) is 5.75 Å². The molecule has 3 aromatic rings. The highest BCUT2D eigenvalue weighted by molar-refractivity contribution is 7.92. The van der Waals surface area contributed by atoms with E-state index >= 15 is 0 Å². The molecule has 0 aliphatic carbocycles. The minimum atomic E-state index is -4.01. The van der Waals surface area contributed by atoms with Gasteiger partial charge in [-0.15, -0.1) is 0 Å². The predicted octanol–water partition coefficient (Wildman–Crippen LogP) is 4.42. The van der Waals surface area contributed by atoms with Gasteiger partial charge in [0.15, 0.2) is 0 Å². The SMILES string of the molecule is COc1ccc(S(=O)(=O)N(CC(=O)N[C@H](C)c2ccccc2)c2ccc(Cl)cc2)cc1. The maximum absolute atomic E-state index is 13.4. The first kappa shape index (κ1) is 22.7. The van der Waals surface area contributed by atoms with Crippen molar-refractivity contribution in [2.45, 2.75) is 17.9 Å². The molecule has 6 nitrogen and oxygen atoms in total. The van der Waals surface area contributed by atoms with Gasteiger partial charge in [0.25, 0.3) is 10.0 Å². The summed E-state index contributed by atoms with van der Waals surface area (Å²) >= 11 is 5.96. The van der Waals surface area contributed by atoms with Crippen LogP contribution in [0.3, 0.4) is 0 Å². The molecule has 0 saturated carbocycles. The van der Waals surface area contributed by atoms with Crippen LogP contribution in [0.25, 0.3) is 0 Å². The number of methoxy groups -OCH3 is 1. The van der Waals surface area contributed by atoms with Gasteiger partial charge in [0.2, 0.25) is 5.91 Å². The summed E-state index contributed by atoms with van der Waals surface area (Å²) in [5, 5.41) is 3.32. The van der Waals surface area contributed by atoms with Crippen LogP contribution >= 0.6 is 11.6 Å². The van der Waals surface area contributed by atoms with Crippen molar-refractivity contribution < 1.29 is 17.9 Å². The zero-order chi connectivity index (χ0) is 22.4. The zero-order valence-corrected chi connectivity index (χ0v) is 18.7. The lowest BCUT2D eigenvalue weighted by Crippen LogP contribution is -2.41. The Labute approximate surface area is 187 Å². The van der Waals surface area contributed by atoms with E-state index in [1.807, 2.05) is 37.3 Å². The van der Waals surface area contributed by atoms with Gasteiger partial charge in [0, 0.05) is 5.02 Å². The molecular weight excluding hydrogens is 436 g/mol. The van der Waals surface area contributed by atoms with Crippen molar-refractivity contribution in [1.82, 2.24) is 5.32 Å². The summed E-state index contributed by atoms with van der Waals surface area (Å²) in [6.45, 7) is 1.46. The third-order valence-electron chi connectivity index (χ3n) is 4.73. The Morgan fingerprint density at radius 2 is 1.61 bits per heavy atom. The standard InChI is InChI=1S/C23H23ClN2O4S/c1-17(18-6-4-3-5-7-18)25-23(27)16-26(20-10-8-19(24)9-11-20)31(28,29)22-14-12-21(30-2)13-15-22/h3-15,17H,16H2,1-2H3,(H,25,27)/t17-/m1/s1. The molecule has 3 rings (SSSR count). The molecule has 0 bridgehead atoms. The molecule has 0 aliphatic rings. The van der Waals surface area contributed by atoms with Gasteiger partial charge < -0.3 is 10.1 Å². The van der Waals surface area contributed by atoms with Crippen LogP contribution in [0.5, 0.6) is 5.75 Å². The molecule has 0 saturated heterocycles. The van der Waals surface area contributed by atoms with Crippen molar-refractivity contribution in [2.75, 3.05) is 18.0 Å².